The lowest BCUT2D eigenvalue weighted by Crippen LogP contribution is -1.88. The Labute approximate surface area is 97.3 Å². The zero-order chi connectivity index (χ0) is 11.4. The van der Waals surface area contributed by atoms with Gasteiger partial charge in [0.2, 0.25) is 5.89 Å². The summed E-state index contributed by atoms with van der Waals surface area (Å²) >= 11 is 1.26. The number of rotatable bonds is 3. The molecule has 2 aromatic rings. The summed E-state index contributed by atoms with van der Waals surface area (Å²) in [6, 6.07) is 11.6. The minimum Gasteiger partial charge on any atom is -0.411 e. The first kappa shape index (κ1) is 10.7. The quantitative estimate of drug-likeness (QED) is 0.760. The average Bonchev–Trinajstić information content (AvgIpc) is 2.78. The second-order valence-corrected chi connectivity index (χ2v) is 4.42. The van der Waals surface area contributed by atoms with Crippen molar-refractivity contribution in [3.63, 3.8) is 0 Å². The molecular weight excluding hydrogens is 222 g/mol. The molecule has 0 aliphatic rings. The maximum atomic E-state index is 8.66. The molecule has 5 heteroatoms. The first-order valence-corrected chi connectivity index (χ1v) is 5.63. The number of nitriles is 1. The van der Waals surface area contributed by atoms with E-state index in [1.165, 1.54) is 11.8 Å². The molecule has 0 fully saturated rings. The van der Waals surface area contributed by atoms with Gasteiger partial charge in [-0.1, -0.05) is 18.2 Å². The van der Waals surface area contributed by atoms with Gasteiger partial charge in [0.05, 0.1) is 11.3 Å². The van der Waals surface area contributed by atoms with Crippen molar-refractivity contribution in [2.24, 2.45) is 0 Å². The molecule has 0 bridgehead atoms. The molecule has 0 aliphatic carbocycles. The van der Waals surface area contributed by atoms with Gasteiger partial charge in [0.1, 0.15) is 0 Å². The Morgan fingerprint density at radius 2 is 2.06 bits per heavy atom. The fourth-order valence-electron chi connectivity index (χ4n) is 1.13. The topological polar surface area (TPSA) is 62.7 Å². The normalized spacial score (nSPS) is 12.0. The van der Waals surface area contributed by atoms with Gasteiger partial charge in [-0.15, -0.1) is 10.2 Å². The molecule has 80 valence electrons. The molecule has 2 rings (SSSR count). The van der Waals surface area contributed by atoms with Crippen molar-refractivity contribution < 1.29 is 4.42 Å². The smallest absolute Gasteiger partial charge is 0.278 e. The van der Waals surface area contributed by atoms with E-state index in [0.717, 1.165) is 5.56 Å². The Morgan fingerprint density at radius 3 is 2.75 bits per heavy atom. The number of thioether (sulfide) groups is 1. The monoisotopic (exact) mass is 231 g/mol. The van der Waals surface area contributed by atoms with Crippen molar-refractivity contribution in [1.82, 2.24) is 10.2 Å². The highest BCUT2D eigenvalue weighted by Crippen LogP contribution is 2.25. The van der Waals surface area contributed by atoms with Crippen LogP contribution in [0.5, 0.6) is 0 Å². The molecule has 1 heterocycles. The van der Waals surface area contributed by atoms with Crippen LogP contribution in [0.15, 0.2) is 40.0 Å². The number of aromatic nitrogens is 2. The third-order valence-corrected chi connectivity index (χ3v) is 2.71. The summed E-state index contributed by atoms with van der Waals surface area (Å²) in [6.45, 7) is 1.79. The van der Waals surface area contributed by atoms with Crippen LogP contribution in [-0.2, 0) is 0 Å². The highest BCUT2D eigenvalue weighted by Gasteiger charge is 2.11. The molecule has 4 nitrogen and oxygen atoms in total. The van der Waals surface area contributed by atoms with Crippen molar-refractivity contribution in [1.29, 1.82) is 5.26 Å². The van der Waals surface area contributed by atoms with Crippen LogP contribution in [0.3, 0.4) is 0 Å². The molecule has 1 aromatic carbocycles. The van der Waals surface area contributed by atoms with Gasteiger partial charge in [-0.25, -0.2) is 0 Å². The Kier molecular flexibility index (Phi) is 3.22. The van der Waals surface area contributed by atoms with Crippen molar-refractivity contribution >= 4 is 11.8 Å². The lowest BCUT2D eigenvalue weighted by molar-refractivity contribution is 0.465. The van der Waals surface area contributed by atoms with Gasteiger partial charge in [0.25, 0.3) is 5.22 Å². The summed E-state index contributed by atoms with van der Waals surface area (Å²) in [4.78, 5) is 0. The zero-order valence-corrected chi connectivity index (χ0v) is 9.44. The van der Waals surface area contributed by atoms with Crippen molar-refractivity contribution in [3.05, 3.63) is 30.3 Å². The van der Waals surface area contributed by atoms with Gasteiger partial charge in [-0.3, -0.25) is 0 Å². The standard InChI is InChI=1S/C11H9N3OS/c1-8(7-12)16-11-14-13-10(15-11)9-5-3-2-4-6-9/h2-6,8H,1H3/t8-/m0/s1. The molecule has 0 saturated carbocycles. The SMILES string of the molecule is C[C@@H](C#N)Sc1nnc(-c2ccccc2)o1. The van der Waals surface area contributed by atoms with E-state index in [9.17, 15) is 0 Å². The fourth-order valence-corrected chi connectivity index (χ4v) is 1.70. The number of hydrogen-bond acceptors (Lipinski definition) is 5. The number of benzene rings is 1. The van der Waals surface area contributed by atoms with E-state index in [-0.39, 0.29) is 5.25 Å². The third kappa shape index (κ3) is 2.41. The predicted octanol–water partition coefficient (Wildman–Crippen LogP) is 2.74. The summed E-state index contributed by atoms with van der Waals surface area (Å²) in [6.07, 6.45) is 0. The van der Waals surface area contributed by atoms with E-state index in [1.807, 2.05) is 30.3 Å². The summed E-state index contributed by atoms with van der Waals surface area (Å²) < 4.78 is 5.43. The minimum absolute atomic E-state index is 0.191. The van der Waals surface area contributed by atoms with Crippen molar-refractivity contribution in [2.75, 3.05) is 0 Å². The summed E-state index contributed by atoms with van der Waals surface area (Å²) in [7, 11) is 0. The molecule has 0 amide bonds. The lowest BCUT2D eigenvalue weighted by atomic mass is 10.2. The van der Waals surface area contributed by atoms with Gasteiger partial charge in [-0.2, -0.15) is 5.26 Å². The van der Waals surface area contributed by atoms with Crippen LogP contribution in [0.2, 0.25) is 0 Å². The second-order valence-electron chi connectivity index (χ2n) is 3.13. The highest BCUT2D eigenvalue weighted by molar-refractivity contribution is 7.99. The summed E-state index contributed by atoms with van der Waals surface area (Å²) in [5.41, 5.74) is 0.881. The molecule has 1 aromatic heterocycles. The minimum atomic E-state index is -0.191. The van der Waals surface area contributed by atoms with Crippen LogP contribution >= 0.6 is 11.8 Å². The second kappa shape index (κ2) is 4.81. The van der Waals surface area contributed by atoms with Crippen LogP contribution in [-0.4, -0.2) is 15.4 Å². The van der Waals surface area contributed by atoms with Crippen LogP contribution in [0.25, 0.3) is 11.5 Å². The van der Waals surface area contributed by atoms with E-state index in [1.54, 1.807) is 6.92 Å². The van der Waals surface area contributed by atoms with E-state index >= 15 is 0 Å². The fraction of sp³-hybridized carbons (Fsp3) is 0.182. The molecule has 0 N–H and O–H groups in total. The Morgan fingerprint density at radius 1 is 1.31 bits per heavy atom. The predicted molar refractivity (Wildman–Crippen MR) is 60.7 cm³/mol. The van der Waals surface area contributed by atoms with Gasteiger partial charge < -0.3 is 4.42 Å². The average molecular weight is 231 g/mol. The van der Waals surface area contributed by atoms with E-state index in [0.29, 0.717) is 11.1 Å². The highest BCUT2D eigenvalue weighted by atomic mass is 32.2. The van der Waals surface area contributed by atoms with Crippen LogP contribution in [0.4, 0.5) is 0 Å². The number of hydrogen-bond donors (Lipinski definition) is 0. The van der Waals surface area contributed by atoms with Crippen LogP contribution in [0.1, 0.15) is 6.92 Å². The summed E-state index contributed by atoms with van der Waals surface area (Å²) in [5, 5.41) is 16.7. The van der Waals surface area contributed by atoms with Crippen LogP contribution < -0.4 is 0 Å². The van der Waals surface area contributed by atoms with Crippen LogP contribution in [0, 0.1) is 11.3 Å². The molecule has 1 atom stereocenters. The molecule has 0 saturated heterocycles. The molecule has 0 spiro atoms. The molecule has 16 heavy (non-hydrogen) atoms. The van der Waals surface area contributed by atoms with Gasteiger partial charge in [0.15, 0.2) is 0 Å². The first-order valence-electron chi connectivity index (χ1n) is 4.75. The van der Waals surface area contributed by atoms with Gasteiger partial charge in [-0.05, 0) is 30.8 Å². The Hall–Kier alpha value is -1.80. The Balaban J connectivity index is 2.18. The molecule has 0 aliphatic heterocycles. The van der Waals surface area contributed by atoms with Crippen molar-refractivity contribution in [2.45, 2.75) is 17.4 Å². The summed E-state index contributed by atoms with van der Waals surface area (Å²) in [5.74, 6) is 0.480. The first-order chi connectivity index (χ1) is 7.79. The molecule has 0 unspecified atom stereocenters. The maximum Gasteiger partial charge on any atom is 0.278 e. The third-order valence-electron chi connectivity index (χ3n) is 1.89. The Bertz CT molecular complexity index is 503. The molecular formula is C11H9N3OS. The number of nitrogens with zero attached hydrogens (tertiary/aromatic N) is 3. The van der Waals surface area contributed by atoms with E-state index in [4.69, 9.17) is 9.68 Å². The van der Waals surface area contributed by atoms with Crippen molar-refractivity contribution in [3.8, 4) is 17.5 Å². The van der Waals surface area contributed by atoms with E-state index in [2.05, 4.69) is 16.3 Å². The van der Waals surface area contributed by atoms with Gasteiger partial charge >= 0.3 is 0 Å². The van der Waals surface area contributed by atoms with E-state index < -0.39 is 0 Å². The lowest BCUT2D eigenvalue weighted by Gasteiger charge is -1.94. The maximum absolute atomic E-state index is 8.66. The largest absolute Gasteiger partial charge is 0.411 e. The van der Waals surface area contributed by atoms with Gasteiger partial charge in [0, 0.05) is 5.56 Å². The zero-order valence-electron chi connectivity index (χ0n) is 8.62. The molecule has 0 radical (unpaired) electrons.